The Kier molecular flexibility index (Phi) is 9.41. The van der Waals surface area contributed by atoms with Crippen LogP contribution < -0.4 is 0 Å². The molecule has 4 heteroatoms. The lowest BCUT2D eigenvalue weighted by molar-refractivity contribution is -0.145. The van der Waals surface area contributed by atoms with Crippen LogP contribution in [0.15, 0.2) is 24.3 Å². The van der Waals surface area contributed by atoms with E-state index >= 15 is 0 Å². The summed E-state index contributed by atoms with van der Waals surface area (Å²) in [6.45, 7) is 11.2. The molecule has 25 heavy (non-hydrogen) atoms. The summed E-state index contributed by atoms with van der Waals surface area (Å²) in [5, 5.41) is 9.16. The zero-order chi connectivity index (χ0) is 18.9. The fraction of sp³-hybridized carbons (Fsp3) is 0.667. The second-order valence-electron chi connectivity index (χ2n) is 8.13. The van der Waals surface area contributed by atoms with E-state index < -0.39 is 0 Å². The van der Waals surface area contributed by atoms with Gasteiger partial charge in [-0.2, -0.15) is 0 Å². The van der Waals surface area contributed by atoms with Gasteiger partial charge in [0.15, 0.2) is 0 Å². The number of benzene rings is 1. The van der Waals surface area contributed by atoms with Gasteiger partial charge in [-0.25, -0.2) is 0 Å². The summed E-state index contributed by atoms with van der Waals surface area (Å²) in [6, 6.07) is 7.14. The van der Waals surface area contributed by atoms with Crippen LogP contribution in [-0.2, 0) is 15.3 Å². The molecule has 0 fully saturated rings. The molecular weight excluding hydrogens is 332 g/mol. The fourth-order valence-electron chi connectivity index (χ4n) is 2.52. The molecular formula is C21H34O3S. The molecule has 0 heterocycles. The number of carbonyl (C=O) groups excluding carboxylic acids is 1. The molecule has 142 valence electrons. The topological polar surface area (TPSA) is 46.5 Å². The minimum atomic E-state index is -0.197. The van der Waals surface area contributed by atoms with Crippen LogP contribution in [0.25, 0.3) is 0 Å². The first-order valence-electron chi connectivity index (χ1n) is 9.26. The number of esters is 1. The molecule has 0 aliphatic carbocycles. The molecule has 0 saturated heterocycles. The third kappa shape index (κ3) is 9.20. The normalized spacial score (nSPS) is 13.0. The Morgan fingerprint density at radius 2 is 1.76 bits per heavy atom. The van der Waals surface area contributed by atoms with E-state index in [2.05, 4.69) is 34.6 Å². The molecule has 0 aliphatic rings. The quantitative estimate of drug-likeness (QED) is 0.420. The first-order valence-corrected chi connectivity index (χ1v) is 10.3. The van der Waals surface area contributed by atoms with E-state index in [-0.39, 0.29) is 22.4 Å². The van der Waals surface area contributed by atoms with Crippen molar-refractivity contribution >= 4 is 17.7 Å². The van der Waals surface area contributed by atoms with E-state index in [1.165, 1.54) is 12.8 Å². The number of phenolic OH excluding ortho intramolecular Hbond substituents is 1. The van der Waals surface area contributed by atoms with Gasteiger partial charge in [0, 0.05) is 5.75 Å². The Balaban J connectivity index is 2.43. The van der Waals surface area contributed by atoms with E-state index in [9.17, 15) is 9.90 Å². The Morgan fingerprint density at radius 1 is 1.12 bits per heavy atom. The molecule has 1 aromatic rings. The minimum absolute atomic E-state index is 0.111. The predicted molar refractivity (Wildman–Crippen MR) is 107 cm³/mol. The largest absolute Gasteiger partial charge is 0.508 e. The first-order chi connectivity index (χ1) is 11.7. The van der Waals surface area contributed by atoms with Crippen LogP contribution in [0, 0.1) is 11.3 Å². The van der Waals surface area contributed by atoms with Gasteiger partial charge >= 0.3 is 5.97 Å². The Bertz CT molecular complexity index is 503. The molecule has 0 spiro atoms. The van der Waals surface area contributed by atoms with Crippen LogP contribution in [0.4, 0.5) is 0 Å². The smallest absolute Gasteiger partial charge is 0.319 e. The van der Waals surface area contributed by atoms with E-state index in [4.69, 9.17) is 4.74 Å². The van der Waals surface area contributed by atoms with Crippen molar-refractivity contribution in [2.24, 2.45) is 11.3 Å². The number of hydrogen-bond acceptors (Lipinski definition) is 4. The first kappa shape index (κ1) is 21.9. The van der Waals surface area contributed by atoms with Gasteiger partial charge in [-0.1, -0.05) is 66.0 Å². The summed E-state index contributed by atoms with van der Waals surface area (Å²) >= 11 is 1.61. The van der Waals surface area contributed by atoms with E-state index in [1.807, 2.05) is 12.1 Å². The van der Waals surface area contributed by atoms with Crippen molar-refractivity contribution in [3.8, 4) is 5.75 Å². The van der Waals surface area contributed by atoms with Crippen LogP contribution in [0.3, 0.4) is 0 Å². The molecule has 0 aliphatic heterocycles. The van der Waals surface area contributed by atoms with Crippen molar-refractivity contribution in [2.75, 3.05) is 6.61 Å². The van der Waals surface area contributed by atoms with Crippen molar-refractivity contribution in [1.29, 1.82) is 0 Å². The second-order valence-corrected chi connectivity index (χ2v) is 9.23. The van der Waals surface area contributed by atoms with Crippen molar-refractivity contribution in [3.05, 3.63) is 29.8 Å². The number of unbranched alkanes of at least 4 members (excludes halogenated alkanes) is 2. The average molecular weight is 367 g/mol. The lowest BCUT2D eigenvalue weighted by atomic mass is 9.92. The molecule has 0 saturated carbocycles. The maximum Gasteiger partial charge on any atom is 0.319 e. The minimum Gasteiger partial charge on any atom is -0.508 e. The third-order valence-corrected chi connectivity index (χ3v) is 5.76. The third-order valence-electron chi connectivity index (χ3n) is 4.02. The lowest BCUT2D eigenvalue weighted by Crippen LogP contribution is -2.33. The molecule has 1 rings (SSSR count). The second kappa shape index (κ2) is 10.7. The molecule has 1 aromatic carbocycles. The summed E-state index contributed by atoms with van der Waals surface area (Å²) in [6.07, 6.45) is 4.50. The number of aromatic hydroxyl groups is 1. The van der Waals surface area contributed by atoms with E-state index in [0.29, 0.717) is 6.61 Å². The Morgan fingerprint density at radius 3 is 2.32 bits per heavy atom. The lowest BCUT2D eigenvalue weighted by Gasteiger charge is -2.28. The zero-order valence-electron chi connectivity index (χ0n) is 16.4. The van der Waals surface area contributed by atoms with Crippen molar-refractivity contribution in [1.82, 2.24) is 0 Å². The van der Waals surface area contributed by atoms with Crippen LogP contribution in [0.1, 0.15) is 65.9 Å². The van der Waals surface area contributed by atoms with Crippen LogP contribution in [0.5, 0.6) is 5.75 Å². The van der Waals surface area contributed by atoms with Crippen molar-refractivity contribution < 1.29 is 14.6 Å². The molecule has 1 unspecified atom stereocenters. The number of phenols is 1. The highest BCUT2D eigenvalue weighted by Crippen LogP contribution is 2.33. The molecule has 1 atom stereocenters. The standard InChI is InChI=1S/C21H34O3S/c1-16(2)9-7-6-8-14-24-20(23)19(21(3,4)5)25-15-17-10-12-18(22)13-11-17/h10-13,16,19,22H,6-9,14-15H2,1-5H3. The molecule has 3 nitrogen and oxygen atoms in total. The maximum absolute atomic E-state index is 12.5. The highest BCUT2D eigenvalue weighted by molar-refractivity contribution is 7.99. The van der Waals surface area contributed by atoms with E-state index in [0.717, 1.165) is 30.1 Å². The highest BCUT2D eigenvalue weighted by Gasteiger charge is 2.33. The van der Waals surface area contributed by atoms with Gasteiger partial charge in [0.2, 0.25) is 0 Å². The monoisotopic (exact) mass is 366 g/mol. The zero-order valence-corrected chi connectivity index (χ0v) is 17.2. The number of rotatable bonds is 10. The van der Waals surface area contributed by atoms with Crippen LogP contribution in [0.2, 0.25) is 0 Å². The highest BCUT2D eigenvalue weighted by atomic mass is 32.2. The molecule has 0 bridgehead atoms. The number of ether oxygens (including phenoxy) is 1. The average Bonchev–Trinajstić information content (AvgIpc) is 2.51. The summed E-state index contributed by atoms with van der Waals surface area (Å²) < 4.78 is 5.55. The summed E-state index contributed by atoms with van der Waals surface area (Å²) in [5.41, 5.74) is 0.939. The van der Waals surface area contributed by atoms with Crippen molar-refractivity contribution in [2.45, 2.75) is 71.3 Å². The Hall–Kier alpha value is -1.16. The van der Waals surface area contributed by atoms with Gasteiger partial charge in [0.1, 0.15) is 11.0 Å². The molecule has 0 aromatic heterocycles. The van der Waals surface area contributed by atoms with Crippen LogP contribution >= 0.6 is 11.8 Å². The predicted octanol–water partition coefficient (Wildman–Crippen LogP) is 5.80. The van der Waals surface area contributed by atoms with Gasteiger partial charge in [-0.3, -0.25) is 4.79 Å². The van der Waals surface area contributed by atoms with Crippen molar-refractivity contribution in [3.63, 3.8) is 0 Å². The van der Waals surface area contributed by atoms with Gasteiger partial charge in [-0.15, -0.1) is 11.8 Å². The van der Waals surface area contributed by atoms with Gasteiger partial charge < -0.3 is 9.84 Å². The molecule has 0 amide bonds. The fourth-order valence-corrected chi connectivity index (χ4v) is 3.78. The number of hydrogen-bond donors (Lipinski definition) is 1. The van der Waals surface area contributed by atoms with Gasteiger partial charge in [0.25, 0.3) is 0 Å². The Labute approximate surface area is 157 Å². The molecule has 1 N–H and O–H groups in total. The van der Waals surface area contributed by atoms with Gasteiger partial charge in [-0.05, 0) is 35.4 Å². The number of carbonyl (C=O) groups is 1. The number of thioether (sulfide) groups is 1. The SMILES string of the molecule is CC(C)CCCCCOC(=O)C(SCc1ccc(O)cc1)C(C)(C)C. The van der Waals surface area contributed by atoms with E-state index in [1.54, 1.807) is 23.9 Å². The van der Waals surface area contributed by atoms with Crippen LogP contribution in [-0.4, -0.2) is 22.9 Å². The van der Waals surface area contributed by atoms with Gasteiger partial charge in [0.05, 0.1) is 6.61 Å². The summed E-state index contributed by atoms with van der Waals surface area (Å²) in [4.78, 5) is 12.5. The summed E-state index contributed by atoms with van der Waals surface area (Å²) in [7, 11) is 0. The summed E-state index contributed by atoms with van der Waals surface area (Å²) in [5.74, 6) is 1.62. The maximum atomic E-state index is 12.5. The molecule has 0 radical (unpaired) electrons.